The molecule has 2 aliphatic rings. The van der Waals surface area contributed by atoms with E-state index in [1.807, 2.05) is 30.4 Å². The van der Waals surface area contributed by atoms with Crippen molar-refractivity contribution in [1.29, 1.82) is 0 Å². The van der Waals surface area contributed by atoms with E-state index in [0.717, 1.165) is 5.56 Å². The van der Waals surface area contributed by atoms with Gasteiger partial charge in [0.15, 0.2) is 0 Å². The number of allylic oxidation sites excluding steroid dienone is 2. The molecule has 1 fully saturated rings. The number of β-amino-alcohol motifs (C(OH)–C–C–N with tert-alkyl or cyclic N) is 1. The van der Waals surface area contributed by atoms with Crippen molar-refractivity contribution in [2.45, 2.75) is 25.6 Å². The highest BCUT2D eigenvalue weighted by Gasteiger charge is 2.47. The molecule has 0 saturated carbocycles. The van der Waals surface area contributed by atoms with E-state index in [9.17, 15) is 14.7 Å². The Morgan fingerprint density at radius 2 is 1.79 bits per heavy atom. The number of nitrogens with zero attached hydrogens (tertiary/aromatic N) is 1. The van der Waals surface area contributed by atoms with Gasteiger partial charge in [0.05, 0.1) is 37.7 Å². The largest absolute Gasteiger partial charge is 0.389 e. The van der Waals surface area contributed by atoms with E-state index >= 15 is 0 Å². The van der Waals surface area contributed by atoms with Gasteiger partial charge in [-0.1, -0.05) is 42.0 Å². The van der Waals surface area contributed by atoms with Crippen molar-refractivity contribution in [3.8, 4) is 0 Å². The van der Waals surface area contributed by atoms with E-state index in [1.165, 1.54) is 4.90 Å². The fourth-order valence-corrected chi connectivity index (χ4v) is 3.42. The molecule has 5 nitrogen and oxygen atoms in total. The van der Waals surface area contributed by atoms with Crippen LogP contribution in [-0.4, -0.2) is 41.1 Å². The van der Waals surface area contributed by atoms with Gasteiger partial charge in [0, 0.05) is 5.02 Å². The van der Waals surface area contributed by atoms with Gasteiger partial charge in [-0.15, -0.1) is 0 Å². The number of ether oxygens (including phenoxy) is 1. The first-order valence-corrected chi connectivity index (χ1v) is 8.45. The normalized spacial score (nSPS) is 24.3. The minimum atomic E-state index is -0.909. The Labute approximate surface area is 145 Å². The fraction of sp³-hybridized carbons (Fsp3) is 0.444. The Bertz CT molecular complexity index is 634. The van der Waals surface area contributed by atoms with Crippen LogP contribution in [0.2, 0.25) is 5.02 Å². The van der Waals surface area contributed by atoms with E-state index in [-0.39, 0.29) is 43.4 Å². The summed E-state index contributed by atoms with van der Waals surface area (Å²) >= 11 is 6.04. The van der Waals surface area contributed by atoms with Crippen molar-refractivity contribution in [3.05, 3.63) is 47.0 Å². The lowest BCUT2D eigenvalue weighted by Gasteiger charge is -2.19. The smallest absolute Gasteiger partial charge is 0.233 e. The van der Waals surface area contributed by atoms with Crippen LogP contribution in [0.4, 0.5) is 0 Å². The Morgan fingerprint density at radius 1 is 1.17 bits per heavy atom. The Kier molecular flexibility index (Phi) is 5.33. The van der Waals surface area contributed by atoms with Crippen LogP contribution in [0.5, 0.6) is 0 Å². The molecule has 1 aromatic rings. The van der Waals surface area contributed by atoms with Gasteiger partial charge in [-0.05, 0) is 24.5 Å². The van der Waals surface area contributed by atoms with Gasteiger partial charge in [-0.3, -0.25) is 14.5 Å². The first-order chi connectivity index (χ1) is 11.6. The van der Waals surface area contributed by atoms with Crippen LogP contribution in [0.25, 0.3) is 0 Å². The first-order valence-electron chi connectivity index (χ1n) is 8.07. The summed E-state index contributed by atoms with van der Waals surface area (Å²) in [5.74, 6) is -0.892. The minimum absolute atomic E-state index is 0.0206. The molecular weight excluding hydrogens is 330 g/mol. The molecule has 24 heavy (non-hydrogen) atoms. The van der Waals surface area contributed by atoms with Crippen LogP contribution in [0.3, 0.4) is 0 Å². The Hall–Kier alpha value is -1.69. The number of aliphatic hydroxyl groups is 1. The lowest BCUT2D eigenvalue weighted by atomic mass is 9.85. The topological polar surface area (TPSA) is 66.8 Å². The van der Waals surface area contributed by atoms with Crippen LogP contribution in [0, 0.1) is 11.8 Å². The molecule has 1 aliphatic carbocycles. The van der Waals surface area contributed by atoms with Gasteiger partial charge >= 0.3 is 0 Å². The first kappa shape index (κ1) is 17.1. The number of halogens is 1. The predicted molar refractivity (Wildman–Crippen MR) is 89.2 cm³/mol. The molecule has 1 aromatic carbocycles. The minimum Gasteiger partial charge on any atom is -0.389 e. The standard InChI is InChI=1S/C18H20ClNO4/c19-16-8-4-1-5-12(16)10-24-11-13(21)9-20-17(22)14-6-2-3-7-15(14)18(20)23/h1-5,8,13-15,21H,6-7,9-11H2/t13-,14+,15+/m0/s1. The maximum atomic E-state index is 12.3. The summed E-state index contributed by atoms with van der Waals surface area (Å²) in [7, 11) is 0. The summed E-state index contributed by atoms with van der Waals surface area (Å²) in [5, 5.41) is 10.7. The van der Waals surface area contributed by atoms with Crippen molar-refractivity contribution in [3.63, 3.8) is 0 Å². The molecule has 0 unspecified atom stereocenters. The summed E-state index contributed by atoms with van der Waals surface area (Å²) in [6.45, 7) is 0.289. The monoisotopic (exact) mass is 349 g/mol. The van der Waals surface area contributed by atoms with Crippen LogP contribution >= 0.6 is 11.6 Å². The molecule has 0 radical (unpaired) electrons. The molecule has 128 valence electrons. The zero-order valence-corrected chi connectivity index (χ0v) is 14.0. The number of carbonyl (C=O) groups is 2. The van der Waals surface area contributed by atoms with E-state index < -0.39 is 6.10 Å². The van der Waals surface area contributed by atoms with Crippen molar-refractivity contribution < 1.29 is 19.4 Å². The molecular formula is C18H20ClNO4. The molecule has 6 heteroatoms. The fourth-order valence-electron chi connectivity index (χ4n) is 3.23. The van der Waals surface area contributed by atoms with Crippen LogP contribution in [0.15, 0.2) is 36.4 Å². The van der Waals surface area contributed by atoms with Gasteiger partial charge in [0.25, 0.3) is 0 Å². The highest BCUT2D eigenvalue weighted by Crippen LogP contribution is 2.35. The molecule has 3 atom stereocenters. The van der Waals surface area contributed by atoms with Crippen molar-refractivity contribution in [2.24, 2.45) is 11.8 Å². The van der Waals surface area contributed by atoms with Gasteiger partial charge in [-0.2, -0.15) is 0 Å². The number of imide groups is 1. The Balaban J connectivity index is 1.50. The number of hydrogen-bond donors (Lipinski definition) is 1. The summed E-state index contributed by atoms with van der Waals surface area (Å²) in [4.78, 5) is 25.8. The summed E-state index contributed by atoms with van der Waals surface area (Å²) in [6, 6.07) is 7.31. The number of fused-ring (bicyclic) bond motifs is 1. The average Bonchev–Trinajstić information content (AvgIpc) is 2.82. The number of amides is 2. The van der Waals surface area contributed by atoms with Gasteiger partial charge in [-0.25, -0.2) is 0 Å². The third-order valence-electron chi connectivity index (χ3n) is 4.52. The zero-order chi connectivity index (χ0) is 17.1. The van der Waals surface area contributed by atoms with Crippen molar-refractivity contribution >= 4 is 23.4 Å². The highest BCUT2D eigenvalue weighted by atomic mass is 35.5. The van der Waals surface area contributed by atoms with E-state index in [0.29, 0.717) is 17.9 Å². The van der Waals surface area contributed by atoms with Gasteiger partial charge in [0.2, 0.25) is 11.8 Å². The predicted octanol–water partition coefficient (Wildman–Crippen LogP) is 2.17. The molecule has 2 amide bonds. The molecule has 3 rings (SSSR count). The maximum Gasteiger partial charge on any atom is 0.233 e. The molecule has 0 aromatic heterocycles. The summed E-state index contributed by atoms with van der Waals surface area (Å²) in [5.41, 5.74) is 0.830. The average molecular weight is 350 g/mol. The van der Waals surface area contributed by atoms with Crippen LogP contribution < -0.4 is 0 Å². The van der Waals surface area contributed by atoms with Crippen LogP contribution in [0.1, 0.15) is 18.4 Å². The van der Waals surface area contributed by atoms with E-state index in [4.69, 9.17) is 16.3 Å². The van der Waals surface area contributed by atoms with Crippen LogP contribution in [-0.2, 0) is 20.9 Å². The highest BCUT2D eigenvalue weighted by molar-refractivity contribution is 6.31. The van der Waals surface area contributed by atoms with Crippen molar-refractivity contribution in [1.82, 2.24) is 4.90 Å². The number of likely N-dealkylation sites (tertiary alicyclic amines) is 1. The quantitative estimate of drug-likeness (QED) is 0.631. The third kappa shape index (κ3) is 3.53. The number of aliphatic hydroxyl groups excluding tert-OH is 1. The summed E-state index contributed by atoms with van der Waals surface area (Å²) in [6.07, 6.45) is 4.18. The van der Waals surface area contributed by atoms with E-state index in [2.05, 4.69) is 0 Å². The number of rotatable bonds is 6. The van der Waals surface area contributed by atoms with Crippen molar-refractivity contribution in [2.75, 3.05) is 13.2 Å². The number of benzene rings is 1. The SMILES string of the molecule is O=C1[C@@H]2CC=CC[C@H]2C(=O)N1C[C@H](O)COCc1ccccc1Cl. The third-order valence-corrected chi connectivity index (χ3v) is 4.89. The maximum absolute atomic E-state index is 12.3. The number of hydrogen-bond acceptors (Lipinski definition) is 4. The molecule has 1 heterocycles. The zero-order valence-electron chi connectivity index (χ0n) is 13.2. The second-order valence-corrected chi connectivity index (χ2v) is 6.61. The molecule has 0 bridgehead atoms. The van der Waals surface area contributed by atoms with Gasteiger partial charge < -0.3 is 9.84 Å². The molecule has 1 saturated heterocycles. The summed E-state index contributed by atoms with van der Waals surface area (Å²) < 4.78 is 5.47. The molecule has 1 aliphatic heterocycles. The molecule has 1 N–H and O–H groups in total. The van der Waals surface area contributed by atoms with E-state index in [1.54, 1.807) is 6.07 Å². The molecule has 0 spiro atoms. The lowest BCUT2D eigenvalue weighted by molar-refractivity contribution is -0.142. The number of carbonyl (C=O) groups excluding carboxylic acids is 2. The lowest BCUT2D eigenvalue weighted by Crippen LogP contribution is -2.39. The second kappa shape index (κ2) is 7.47. The van der Waals surface area contributed by atoms with Gasteiger partial charge in [0.1, 0.15) is 0 Å². The second-order valence-electron chi connectivity index (χ2n) is 6.20. The Morgan fingerprint density at radius 3 is 2.42 bits per heavy atom.